The third-order valence-corrected chi connectivity index (χ3v) is 3.18. The SMILES string of the molecule is O=C(O)Cc1cccc2cc(CBr)ccc12. The summed E-state index contributed by atoms with van der Waals surface area (Å²) in [7, 11) is 0. The van der Waals surface area contributed by atoms with Gasteiger partial charge in [0.1, 0.15) is 0 Å². The number of fused-ring (bicyclic) bond motifs is 1. The second-order valence-corrected chi connectivity index (χ2v) is 4.24. The molecule has 2 nitrogen and oxygen atoms in total. The Balaban J connectivity index is 2.55. The molecule has 0 unspecified atom stereocenters. The Labute approximate surface area is 102 Å². The summed E-state index contributed by atoms with van der Waals surface area (Å²) in [4.78, 5) is 10.7. The highest BCUT2D eigenvalue weighted by Gasteiger charge is 2.05. The quantitative estimate of drug-likeness (QED) is 0.875. The lowest BCUT2D eigenvalue weighted by atomic mass is 10.0. The molecule has 2 aromatic carbocycles. The Morgan fingerprint density at radius 3 is 2.75 bits per heavy atom. The third kappa shape index (κ3) is 2.25. The number of aliphatic carboxylic acids is 1. The lowest BCUT2D eigenvalue weighted by Gasteiger charge is -2.05. The van der Waals surface area contributed by atoms with Gasteiger partial charge in [0.15, 0.2) is 0 Å². The molecule has 2 aromatic rings. The molecule has 3 heteroatoms. The van der Waals surface area contributed by atoms with Crippen molar-refractivity contribution in [1.82, 2.24) is 0 Å². The molecule has 0 atom stereocenters. The first-order valence-electron chi connectivity index (χ1n) is 4.99. The van der Waals surface area contributed by atoms with Crippen LogP contribution >= 0.6 is 15.9 Å². The normalized spacial score (nSPS) is 10.6. The topological polar surface area (TPSA) is 37.3 Å². The predicted octanol–water partition coefficient (Wildman–Crippen LogP) is 3.36. The molecule has 0 saturated heterocycles. The van der Waals surface area contributed by atoms with Crippen LogP contribution in [0.1, 0.15) is 11.1 Å². The zero-order chi connectivity index (χ0) is 11.5. The average molecular weight is 279 g/mol. The van der Waals surface area contributed by atoms with E-state index in [2.05, 4.69) is 22.0 Å². The number of halogens is 1. The van der Waals surface area contributed by atoms with Crippen molar-refractivity contribution >= 4 is 32.7 Å². The molecule has 0 bridgehead atoms. The van der Waals surface area contributed by atoms with E-state index in [1.165, 1.54) is 5.56 Å². The van der Waals surface area contributed by atoms with Crippen molar-refractivity contribution in [2.45, 2.75) is 11.8 Å². The van der Waals surface area contributed by atoms with Gasteiger partial charge in [-0.3, -0.25) is 4.79 Å². The van der Waals surface area contributed by atoms with Crippen molar-refractivity contribution in [2.24, 2.45) is 0 Å². The zero-order valence-electron chi connectivity index (χ0n) is 8.61. The number of carboxylic acid groups (broad SMARTS) is 1. The van der Waals surface area contributed by atoms with Crippen LogP contribution in [0.3, 0.4) is 0 Å². The van der Waals surface area contributed by atoms with Crippen molar-refractivity contribution in [3.05, 3.63) is 47.5 Å². The first kappa shape index (κ1) is 11.1. The van der Waals surface area contributed by atoms with E-state index in [0.29, 0.717) is 0 Å². The maximum Gasteiger partial charge on any atom is 0.307 e. The molecule has 0 heterocycles. The average Bonchev–Trinajstić information content (AvgIpc) is 2.28. The Morgan fingerprint density at radius 2 is 2.06 bits per heavy atom. The first-order chi connectivity index (χ1) is 7.70. The molecule has 0 aromatic heterocycles. The summed E-state index contributed by atoms with van der Waals surface area (Å²) in [6, 6.07) is 11.9. The summed E-state index contributed by atoms with van der Waals surface area (Å²) in [6.07, 6.45) is 0.0744. The van der Waals surface area contributed by atoms with Gasteiger partial charge >= 0.3 is 5.97 Å². The summed E-state index contributed by atoms with van der Waals surface area (Å²) in [5.41, 5.74) is 2.06. The predicted molar refractivity (Wildman–Crippen MR) is 67.9 cm³/mol. The van der Waals surface area contributed by atoms with Gasteiger partial charge < -0.3 is 5.11 Å². The van der Waals surface area contributed by atoms with Gasteiger partial charge in [-0.1, -0.05) is 52.3 Å². The van der Waals surface area contributed by atoms with Gasteiger partial charge in [0.25, 0.3) is 0 Å². The Kier molecular flexibility index (Phi) is 3.25. The number of benzene rings is 2. The maximum atomic E-state index is 10.7. The molecule has 0 saturated carbocycles. The molecule has 0 aliphatic heterocycles. The van der Waals surface area contributed by atoms with Gasteiger partial charge in [-0.2, -0.15) is 0 Å². The molecule has 0 spiro atoms. The van der Waals surface area contributed by atoms with E-state index in [-0.39, 0.29) is 6.42 Å². The van der Waals surface area contributed by atoms with Crippen molar-refractivity contribution in [3.8, 4) is 0 Å². The van der Waals surface area contributed by atoms with Gasteiger partial charge in [-0.25, -0.2) is 0 Å². The zero-order valence-corrected chi connectivity index (χ0v) is 10.2. The van der Waals surface area contributed by atoms with Gasteiger partial charge in [0, 0.05) is 5.33 Å². The van der Waals surface area contributed by atoms with Crippen molar-refractivity contribution in [2.75, 3.05) is 0 Å². The van der Waals surface area contributed by atoms with Crippen LogP contribution in [0.15, 0.2) is 36.4 Å². The minimum absolute atomic E-state index is 0.0744. The fourth-order valence-electron chi connectivity index (χ4n) is 1.80. The van der Waals surface area contributed by atoms with Crippen molar-refractivity contribution < 1.29 is 9.90 Å². The first-order valence-corrected chi connectivity index (χ1v) is 6.11. The van der Waals surface area contributed by atoms with Crippen LogP contribution in [0.5, 0.6) is 0 Å². The Bertz CT molecular complexity index is 534. The van der Waals surface area contributed by atoms with E-state index >= 15 is 0 Å². The number of hydrogen-bond donors (Lipinski definition) is 1. The van der Waals surface area contributed by atoms with Crippen molar-refractivity contribution in [1.29, 1.82) is 0 Å². The smallest absolute Gasteiger partial charge is 0.307 e. The van der Waals surface area contributed by atoms with E-state index in [4.69, 9.17) is 5.11 Å². The summed E-state index contributed by atoms with van der Waals surface area (Å²) < 4.78 is 0. The van der Waals surface area contributed by atoms with Crippen LogP contribution < -0.4 is 0 Å². The van der Waals surface area contributed by atoms with E-state index in [0.717, 1.165) is 21.7 Å². The molecule has 16 heavy (non-hydrogen) atoms. The minimum Gasteiger partial charge on any atom is -0.481 e. The second kappa shape index (κ2) is 4.66. The summed E-state index contributed by atoms with van der Waals surface area (Å²) in [5, 5.41) is 11.7. The van der Waals surface area contributed by atoms with Crippen LogP contribution in [0, 0.1) is 0 Å². The number of carboxylic acids is 1. The van der Waals surface area contributed by atoms with E-state index < -0.39 is 5.97 Å². The highest BCUT2D eigenvalue weighted by molar-refractivity contribution is 9.08. The van der Waals surface area contributed by atoms with E-state index in [1.807, 2.05) is 30.3 Å². The monoisotopic (exact) mass is 278 g/mol. The standard InChI is InChI=1S/C13H11BrO2/c14-8-9-4-5-12-10(6-9)2-1-3-11(12)7-13(15)16/h1-6H,7-8H2,(H,15,16). The van der Waals surface area contributed by atoms with Gasteiger partial charge in [0.2, 0.25) is 0 Å². The summed E-state index contributed by atoms with van der Waals surface area (Å²) >= 11 is 3.41. The fourth-order valence-corrected chi connectivity index (χ4v) is 2.15. The number of hydrogen-bond acceptors (Lipinski definition) is 1. The maximum absolute atomic E-state index is 10.7. The van der Waals surface area contributed by atoms with Gasteiger partial charge in [-0.15, -0.1) is 0 Å². The van der Waals surface area contributed by atoms with Gasteiger partial charge in [0.05, 0.1) is 6.42 Å². The van der Waals surface area contributed by atoms with Crippen LogP contribution in [-0.4, -0.2) is 11.1 Å². The Hall–Kier alpha value is -1.35. The molecule has 1 N–H and O–H groups in total. The number of alkyl halides is 1. The number of rotatable bonds is 3. The molecule has 0 radical (unpaired) electrons. The van der Waals surface area contributed by atoms with Crippen LogP contribution in [0.4, 0.5) is 0 Å². The number of carbonyl (C=O) groups is 1. The molecule has 82 valence electrons. The van der Waals surface area contributed by atoms with E-state index in [1.54, 1.807) is 0 Å². The third-order valence-electron chi connectivity index (χ3n) is 2.53. The van der Waals surface area contributed by atoms with Crippen LogP contribution in [0.2, 0.25) is 0 Å². The molecular weight excluding hydrogens is 268 g/mol. The molecule has 0 fully saturated rings. The van der Waals surface area contributed by atoms with E-state index in [9.17, 15) is 4.79 Å². The fraction of sp³-hybridized carbons (Fsp3) is 0.154. The second-order valence-electron chi connectivity index (χ2n) is 3.68. The van der Waals surface area contributed by atoms with Crippen LogP contribution in [-0.2, 0) is 16.5 Å². The Morgan fingerprint density at radius 1 is 1.25 bits per heavy atom. The molecule has 0 aliphatic rings. The lowest BCUT2D eigenvalue weighted by Crippen LogP contribution is -2.00. The highest BCUT2D eigenvalue weighted by Crippen LogP contribution is 2.21. The van der Waals surface area contributed by atoms with Crippen molar-refractivity contribution in [3.63, 3.8) is 0 Å². The van der Waals surface area contributed by atoms with Gasteiger partial charge in [-0.05, 0) is 21.9 Å². The highest BCUT2D eigenvalue weighted by atomic mass is 79.9. The molecule has 2 rings (SSSR count). The summed E-state index contributed by atoms with van der Waals surface area (Å²) in [5.74, 6) is -0.794. The van der Waals surface area contributed by atoms with Crippen LogP contribution in [0.25, 0.3) is 10.8 Å². The summed E-state index contributed by atoms with van der Waals surface area (Å²) in [6.45, 7) is 0. The minimum atomic E-state index is -0.794. The largest absolute Gasteiger partial charge is 0.481 e. The molecule has 0 amide bonds. The molecular formula is C13H11BrO2. The molecule has 0 aliphatic carbocycles. The lowest BCUT2D eigenvalue weighted by molar-refractivity contribution is -0.136.